The number of fused-ring (bicyclic) bond motifs is 1. The lowest BCUT2D eigenvalue weighted by Gasteiger charge is -2.07. The minimum atomic E-state index is -0.336. The van der Waals surface area contributed by atoms with Crippen LogP contribution in [0.2, 0.25) is 0 Å². The van der Waals surface area contributed by atoms with Crippen molar-refractivity contribution >= 4 is 5.52 Å². The van der Waals surface area contributed by atoms with Gasteiger partial charge in [0.05, 0.1) is 19.9 Å². The van der Waals surface area contributed by atoms with Crippen molar-refractivity contribution in [3.05, 3.63) is 83.0 Å². The predicted octanol–water partition coefficient (Wildman–Crippen LogP) is 3.42. The second kappa shape index (κ2) is 8.23. The van der Waals surface area contributed by atoms with Crippen molar-refractivity contribution in [2.75, 3.05) is 14.2 Å². The molecule has 0 amide bonds. The maximum Gasteiger partial charge on any atom is 0.277 e. The van der Waals surface area contributed by atoms with Crippen LogP contribution in [0.15, 0.2) is 70.2 Å². The van der Waals surface area contributed by atoms with E-state index >= 15 is 0 Å². The van der Waals surface area contributed by atoms with Gasteiger partial charge in [-0.1, -0.05) is 5.16 Å². The zero-order valence-corrected chi connectivity index (χ0v) is 17.7. The summed E-state index contributed by atoms with van der Waals surface area (Å²) in [6.45, 7) is 0.0900. The molecule has 0 atom stereocenters. The average Bonchev–Trinajstić information content (AvgIpc) is 3.49. The molecule has 166 valence electrons. The van der Waals surface area contributed by atoms with E-state index in [0.29, 0.717) is 39.7 Å². The van der Waals surface area contributed by atoms with E-state index in [9.17, 15) is 9.18 Å². The molecular weight excluding hydrogens is 429 g/mol. The summed E-state index contributed by atoms with van der Waals surface area (Å²) in [5, 5.41) is 8.41. The molecule has 0 unspecified atom stereocenters. The van der Waals surface area contributed by atoms with Crippen molar-refractivity contribution in [2.24, 2.45) is 0 Å². The SMILES string of the molecule is COc1ccc(-c2noc(Cn3ccn4nc(-c5ccc(F)cc5)cc4c3=O)n2)cc1OC. The number of hydrogen-bond acceptors (Lipinski definition) is 7. The Morgan fingerprint density at radius 1 is 0.970 bits per heavy atom. The highest BCUT2D eigenvalue weighted by atomic mass is 19.1. The fraction of sp³-hybridized carbons (Fsp3) is 0.130. The molecule has 2 aromatic carbocycles. The van der Waals surface area contributed by atoms with E-state index in [4.69, 9.17) is 14.0 Å². The molecule has 33 heavy (non-hydrogen) atoms. The standard InChI is InChI=1S/C23H18FN5O4/c1-31-19-8-5-15(11-20(19)32-2)22-25-21(33-27-22)13-28-9-10-29-18(23(28)30)12-17(26-29)14-3-6-16(24)7-4-14/h3-12H,13H2,1-2H3. The van der Waals surface area contributed by atoms with Crippen molar-refractivity contribution in [1.82, 2.24) is 24.3 Å². The highest BCUT2D eigenvalue weighted by Gasteiger charge is 2.15. The molecule has 0 saturated carbocycles. The van der Waals surface area contributed by atoms with Crippen molar-refractivity contribution in [2.45, 2.75) is 6.54 Å². The third kappa shape index (κ3) is 3.82. The van der Waals surface area contributed by atoms with Crippen LogP contribution in [-0.2, 0) is 6.54 Å². The summed E-state index contributed by atoms with van der Waals surface area (Å²) in [4.78, 5) is 17.4. The second-order valence-corrected chi connectivity index (χ2v) is 7.18. The van der Waals surface area contributed by atoms with E-state index in [1.165, 1.54) is 21.2 Å². The largest absolute Gasteiger partial charge is 0.493 e. The summed E-state index contributed by atoms with van der Waals surface area (Å²) in [7, 11) is 3.10. The number of aromatic nitrogens is 5. The van der Waals surface area contributed by atoms with Gasteiger partial charge in [-0.3, -0.25) is 4.79 Å². The lowest BCUT2D eigenvalue weighted by atomic mass is 10.1. The van der Waals surface area contributed by atoms with E-state index in [0.717, 1.165) is 0 Å². The van der Waals surface area contributed by atoms with Crippen molar-refractivity contribution in [1.29, 1.82) is 0 Å². The van der Waals surface area contributed by atoms with Crippen LogP contribution in [0.1, 0.15) is 5.89 Å². The highest BCUT2D eigenvalue weighted by molar-refractivity contribution is 5.65. The summed E-state index contributed by atoms with van der Waals surface area (Å²) in [6, 6.07) is 12.9. The number of halogens is 1. The van der Waals surface area contributed by atoms with Crippen LogP contribution in [0.3, 0.4) is 0 Å². The fourth-order valence-electron chi connectivity index (χ4n) is 3.47. The van der Waals surface area contributed by atoms with E-state index in [1.807, 2.05) is 0 Å². The van der Waals surface area contributed by atoms with Gasteiger partial charge >= 0.3 is 0 Å². The first-order valence-corrected chi connectivity index (χ1v) is 9.95. The van der Waals surface area contributed by atoms with E-state index in [-0.39, 0.29) is 23.8 Å². The number of methoxy groups -OCH3 is 2. The molecular formula is C23H18FN5O4. The van der Waals surface area contributed by atoms with Crippen LogP contribution in [0.4, 0.5) is 4.39 Å². The Morgan fingerprint density at radius 2 is 1.73 bits per heavy atom. The molecule has 3 heterocycles. The minimum absolute atomic E-state index is 0.0900. The van der Waals surface area contributed by atoms with Crippen LogP contribution in [-0.4, -0.2) is 38.5 Å². The van der Waals surface area contributed by atoms with Gasteiger partial charge in [0.15, 0.2) is 11.5 Å². The molecule has 0 aliphatic rings. The van der Waals surface area contributed by atoms with E-state index < -0.39 is 0 Å². The van der Waals surface area contributed by atoms with Crippen molar-refractivity contribution < 1.29 is 18.4 Å². The van der Waals surface area contributed by atoms with Crippen LogP contribution in [0, 0.1) is 5.82 Å². The molecule has 9 nitrogen and oxygen atoms in total. The normalized spacial score (nSPS) is 11.1. The summed E-state index contributed by atoms with van der Waals surface area (Å²) >= 11 is 0. The van der Waals surface area contributed by atoms with Gasteiger partial charge in [0, 0.05) is 23.5 Å². The molecule has 0 fully saturated rings. The highest BCUT2D eigenvalue weighted by Crippen LogP contribution is 2.31. The van der Waals surface area contributed by atoms with Gasteiger partial charge in [-0.05, 0) is 48.5 Å². The first-order valence-electron chi connectivity index (χ1n) is 9.95. The first kappa shape index (κ1) is 20.4. The molecule has 5 rings (SSSR count). The lowest BCUT2D eigenvalue weighted by Crippen LogP contribution is -2.21. The van der Waals surface area contributed by atoms with E-state index in [2.05, 4.69) is 15.2 Å². The van der Waals surface area contributed by atoms with Gasteiger partial charge in [-0.25, -0.2) is 8.91 Å². The lowest BCUT2D eigenvalue weighted by molar-refractivity contribution is 0.355. The Labute approximate surface area is 186 Å². The maximum absolute atomic E-state index is 13.2. The number of nitrogens with zero attached hydrogens (tertiary/aromatic N) is 5. The van der Waals surface area contributed by atoms with Crippen LogP contribution in [0.5, 0.6) is 11.5 Å². The number of ether oxygens (including phenoxy) is 2. The van der Waals surface area contributed by atoms with Crippen LogP contribution in [0.25, 0.3) is 28.2 Å². The van der Waals surface area contributed by atoms with E-state index in [1.54, 1.807) is 63.0 Å². The Hall–Kier alpha value is -4.47. The van der Waals surface area contributed by atoms with Crippen molar-refractivity contribution in [3.63, 3.8) is 0 Å². The summed E-state index contributed by atoms with van der Waals surface area (Å²) in [6.07, 6.45) is 3.26. The van der Waals surface area contributed by atoms with Crippen molar-refractivity contribution in [3.8, 4) is 34.1 Å². The third-order valence-corrected chi connectivity index (χ3v) is 5.16. The van der Waals surface area contributed by atoms with Gasteiger partial charge in [0.25, 0.3) is 5.56 Å². The molecule has 0 bridgehead atoms. The average molecular weight is 447 g/mol. The molecule has 3 aromatic heterocycles. The molecule has 0 aliphatic carbocycles. The summed E-state index contributed by atoms with van der Waals surface area (Å²) in [5.41, 5.74) is 2.06. The Bertz CT molecular complexity index is 1500. The van der Waals surface area contributed by atoms with Gasteiger partial charge in [-0.15, -0.1) is 0 Å². The Balaban J connectivity index is 1.43. The molecule has 0 saturated heterocycles. The maximum atomic E-state index is 13.2. The Morgan fingerprint density at radius 3 is 2.48 bits per heavy atom. The zero-order valence-electron chi connectivity index (χ0n) is 17.7. The fourth-order valence-corrected chi connectivity index (χ4v) is 3.47. The predicted molar refractivity (Wildman–Crippen MR) is 117 cm³/mol. The monoisotopic (exact) mass is 447 g/mol. The summed E-state index contributed by atoms with van der Waals surface area (Å²) < 4.78 is 32.1. The van der Waals surface area contributed by atoms with Gasteiger partial charge < -0.3 is 18.6 Å². The number of hydrogen-bond donors (Lipinski definition) is 0. The van der Waals surface area contributed by atoms with Crippen LogP contribution < -0.4 is 15.0 Å². The van der Waals surface area contributed by atoms with Gasteiger partial charge in [0.1, 0.15) is 17.9 Å². The molecule has 0 radical (unpaired) electrons. The topological polar surface area (TPSA) is 96.7 Å². The van der Waals surface area contributed by atoms with Crippen LogP contribution >= 0.6 is 0 Å². The quantitative estimate of drug-likeness (QED) is 0.393. The molecule has 0 N–H and O–H groups in total. The molecule has 0 aliphatic heterocycles. The smallest absolute Gasteiger partial charge is 0.277 e. The van der Waals surface area contributed by atoms with Gasteiger partial charge in [0.2, 0.25) is 11.7 Å². The minimum Gasteiger partial charge on any atom is -0.493 e. The second-order valence-electron chi connectivity index (χ2n) is 7.18. The third-order valence-electron chi connectivity index (χ3n) is 5.16. The number of rotatable bonds is 6. The summed E-state index contributed by atoms with van der Waals surface area (Å²) in [5.74, 6) is 1.43. The first-order chi connectivity index (χ1) is 16.1. The molecule has 10 heteroatoms. The zero-order chi connectivity index (χ0) is 22.9. The molecule has 0 spiro atoms. The van der Waals surface area contributed by atoms with Gasteiger partial charge in [-0.2, -0.15) is 10.1 Å². The number of benzene rings is 2. The Kier molecular flexibility index (Phi) is 5.09. The molecule has 5 aromatic rings.